The van der Waals surface area contributed by atoms with Gasteiger partial charge in [0.1, 0.15) is 12.1 Å². The molecule has 1 aromatic heterocycles. The van der Waals surface area contributed by atoms with Crippen molar-refractivity contribution in [3.05, 3.63) is 47.4 Å². The maximum Gasteiger partial charge on any atom is 0.322 e. The molecule has 2 amide bonds. The summed E-state index contributed by atoms with van der Waals surface area (Å²) in [6.07, 6.45) is 2.70. The van der Waals surface area contributed by atoms with Gasteiger partial charge in [-0.1, -0.05) is 12.1 Å². The number of piperidine rings is 1. The first-order valence-corrected chi connectivity index (χ1v) is 8.72. The lowest BCUT2D eigenvalue weighted by molar-refractivity contribution is 0.0436. The molecule has 1 aromatic carbocycles. The monoisotopic (exact) mass is 337 g/mol. The molecule has 0 aliphatic carbocycles. The molecule has 6 heteroatoms. The van der Waals surface area contributed by atoms with Crippen LogP contribution in [0.25, 0.3) is 0 Å². The molecule has 0 saturated carbocycles. The molecule has 0 radical (unpaired) electrons. The molecule has 2 atom stereocenters. The second kappa shape index (κ2) is 6.02. The largest absolute Gasteiger partial charge is 0.352 e. The van der Waals surface area contributed by atoms with Gasteiger partial charge >= 0.3 is 6.03 Å². The number of carbonyl (C=O) groups excluding carboxylic acids is 1. The minimum Gasteiger partial charge on any atom is -0.352 e. The van der Waals surface area contributed by atoms with E-state index in [0.29, 0.717) is 0 Å². The second-order valence-electron chi connectivity index (χ2n) is 7.06. The summed E-state index contributed by atoms with van der Waals surface area (Å²) in [5.74, 6) is 1.00. The molecule has 6 nitrogen and oxygen atoms in total. The smallest absolute Gasteiger partial charge is 0.322 e. The number of benzene rings is 1. The Balaban J connectivity index is 1.45. The predicted molar refractivity (Wildman–Crippen MR) is 97.9 cm³/mol. The Bertz CT molecular complexity index is 809. The first-order chi connectivity index (χ1) is 12.0. The Morgan fingerprint density at radius 1 is 1.16 bits per heavy atom. The van der Waals surface area contributed by atoms with Crippen molar-refractivity contribution in [3.8, 4) is 0 Å². The lowest BCUT2D eigenvalue weighted by atomic mass is 9.87. The van der Waals surface area contributed by atoms with Crippen molar-refractivity contribution in [3.63, 3.8) is 0 Å². The molecule has 2 aromatic rings. The van der Waals surface area contributed by atoms with Crippen molar-refractivity contribution in [2.45, 2.75) is 39.3 Å². The van der Waals surface area contributed by atoms with Gasteiger partial charge in [-0.15, -0.1) is 0 Å². The molecule has 3 aliphatic rings. The minimum absolute atomic E-state index is 0.00194. The molecule has 3 aliphatic heterocycles. The number of nitrogens with one attached hydrogen (secondary N) is 1. The Kier molecular flexibility index (Phi) is 3.82. The number of nitrogens with zero attached hydrogens (tertiary/aromatic N) is 4. The van der Waals surface area contributed by atoms with Crippen LogP contribution in [0.5, 0.6) is 0 Å². The van der Waals surface area contributed by atoms with E-state index in [1.165, 1.54) is 0 Å². The van der Waals surface area contributed by atoms with E-state index in [4.69, 9.17) is 0 Å². The fourth-order valence-corrected chi connectivity index (χ4v) is 3.87. The van der Waals surface area contributed by atoms with Crippen molar-refractivity contribution < 1.29 is 4.79 Å². The maximum absolute atomic E-state index is 12.7. The van der Waals surface area contributed by atoms with E-state index in [-0.39, 0.29) is 18.1 Å². The molecular formula is C19H23N5O. The van der Waals surface area contributed by atoms with Crippen LogP contribution in [-0.4, -0.2) is 46.1 Å². The van der Waals surface area contributed by atoms with Gasteiger partial charge in [0.15, 0.2) is 0 Å². The summed E-state index contributed by atoms with van der Waals surface area (Å²) in [7, 11) is 0. The third-order valence-corrected chi connectivity index (χ3v) is 5.31. The normalized spacial score (nSPS) is 21.7. The highest BCUT2D eigenvalue weighted by Gasteiger charge is 2.47. The summed E-state index contributed by atoms with van der Waals surface area (Å²) in [6.45, 7) is 7.75. The van der Waals surface area contributed by atoms with Crippen molar-refractivity contribution in [2.75, 3.05) is 23.3 Å². The van der Waals surface area contributed by atoms with E-state index < -0.39 is 0 Å². The van der Waals surface area contributed by atoms with Crippen LogP contribution in [-0.2, 0) is 0 Å². The minimum atomic E-state index is 0.00194. The fourth-order valence-electron chi connectivity index (χ4n) is 3.87. The second-order valence-corrected chi connectivity index (χ2v) is 7.06. The number of hydrogen-bond donors (Lipinski definition) is 1. The summed E-state index contributed by atoms with van der Waals surface area (Å²) in [5, 5.41) is 3.03. The van der Waals surface area contributed by atoms with Crippen LogP contribution in [0.4, 0.5) is 16.3 Å². The zero-order valence-corrected chi connectivity index (χ0v) is 14.9. The van der Waals surface area contributed by atoms with Crippen molar-refractivity contribution in [2.24, 2.45) is 0 Å². The molecule has 4 heterocycles. The lowest BCUT2D eigenvalue weighted by Crippen LogP contribution is -2.71. The quantitative estimate of drug-likeness (QED) is 0.915. The molecular weight excluding hydrogens is 314 g/mol. The Hall–Kier alpha value is -2.63. The zero-order chi connectivity index (χ0) is 17.6. The number of aryl methyl sites for hydroxylation is 2. The highest BCUT2D eigenvalue weighted by molar-refractivity contribution is 5.90. The first-order valence-electron chi connectivity index (χ1n) is 8.72. The third-order valence-electron chi connectivity index (χ3n) is 5.31. The first kappa shape index (κ1) is 15.9. The zero-order valence-electron chi connectivity index (χ0n) is 14.9. The van der Waals surface area contributed by atoms with E-state index in [9.17, 15) is 4.79 Å². The van der Waals surface area contributed by atoms with E-state index in [1.807, 2.05) is 43.0 Å². The number of rotatable bonds is 2. The molecule has 1 N–H and O–H groups in total. The van der Waals surface area contributed by atoms with Gasteiger partial charge in [-0.05, 0) is 44.9 Å². The highest BCUT2D eigenvalue weighted by Crippen LogP contribution is 2.35. The van der Waals surface area contributed by atoms with Crippen LogP contribution >= 0.6 is 0 Å². The molecule has 3 saturated heterocycles. The van der Waals surface area contributed by atoms with E-state index >= 15 is 0 Å². The lowest BCUT2D eigenvalue weighted by Gasteiger charge is -2.56. The van der Waals surface area contributed by atoms with Crippen molar-refractivity contribution in [1.82, 2.24) is 14.9 Å². The summed E-state index contributed by atoms with van der Waals surface area (Å²) in [4.78, 5) is 25.6. The number of amides is 2. The molecule has 130 valence electrons. The van der Waals surface area contributed by atoms with Gasteiger partial charge in [-0.2, -0.15) is 0 Å². The Morgan fingerprint density at radius 2 is 1.92 bits per heavy atom. The number of carbonyl (C=O) groups is 1. The number of piperazine rings is 1. The van der Waals surface area contributed by atoms with E-state index in [1.54, 1.807) is 6.33 Å². The van der Waals surface area contributed by atoms with Gasteiger partial charge in [0.25, 0.3) is 0 Å². The molecule has 2 unspecified atom stereocenters. The van der Waals surface area contributed by atoms with Crippen molar-refractivity contribution in [1.29, 1.82) is 0 Å². The van der Waals surface area contributed by atoms with Crippen LogP contribution < -0.4 is 10.2 Å². The number of aromatic nitrogens is 2. The SMILES string of the molecule is Cc1cccc(NC(=O)N2C3CC2CN(c2ncnc(C)c2C)C3)c1. The summed E-state index contributed by atoms with van der Waals surface area (Å²) in [5.41, 5.74) is 4.13. The van der Waals surface area contributed by atoms with Gasteiger partial charge in [0.2, 0.25) is 0 Å². The highest BCUT2D eigenvalue weighted by atomic mass is 16.2. The Labute approximate surface area is 147 Å². The van der Waals surface area contributed by atoms with E-state index in [0.717, 1.165) is 47.8 Å². The van der Waals surface area contributed by atoms with Gasteiger partial charge in [0, 0.05) is 30.0 Å². The van der Waals surface area contributed by atoms with Gasteiger partial charge < -0.3 is 15.1 Å². The van der Waals surface area contributed by atoms with Crippen LogP contribution in [0.1, 0.15) is 23.2 Å². The predicted octanol–water partition coefficient (Wildman–Crippen LogP) is 2.90. The van der Waals surface area contributed by atoms with Crippen LogP contribution in [0.2, 0.25) is 0 Å². The average Bonchev–Trinajstić information content (AvgIpc) is 2.57. The Morgan fingerprint density at radius 3 is 2.64 bits per heavy atom. The summed E-state index contributed by atoms with van der Waals surface area (Å²) in [6, 6.07) is 8.41. The van der Waals surface area contributed by atoms with Crippen LogP contribution in [0.15, 0.2) is 30.6 Å². The van der Waals surface area contributed by atoms with Gasteiger partial charge in [-0.3, -0.25) is 0 Å². The molecule has 5 rings (SSSR count). The topological polar surface area (TPSA) is 61.4 Å². The van der Waals surface area contributed by atoms with Crippen LogP contribution in [0.3, 0.4) is 0 Å². The maximum atomic E-state index is 12.7. The number of anilines is 2. The third kappa shape index (κ3) is 2.81. The molecule has 0 spiro atoms. The van der Waals surface area contributed by atoms with Gasteiger partial charge in [-0.25, -0.2) is 14.8 Å². The number of fused-ring (bicyclic) bond motifs is 2. The van der Waals surface area contributed by atoms with Crippen LogP contribution in [0, 0.1) is 20.8 Å². The van der Waals surface area contributed by atoms with Crippen molar-refractivity contribution >= 4 is 17.5 Å². The molecule has 3 fully saturated rings. The molecule has 2 bridgehead atoms. The van der Waals surface area contributed by atoms with E-state index in [2.05, 4.69) is 27.1 Å². The number of urea groups is 1. The summed E-state index contributed by atoms with van der Waals surface area (Å²) >= 11 is 0. The average molecular weight is 337 g/mol. The fraction of sp³-hybridized carbons (Fsp3) is 0.421. The molecule has 25 heavy (non-hydrogen) atoms. The summed E-state index contributed by atoms with van der Waals surface area (Å²) < 4.78 is 0. The standard InChI is InChI=1S/C19H23N5O/c1-12-5-4-6-15(7-12)22-19(25)24-16-8-17(24)10-23(9-16)18-13(2)14(3)20-11-21-18/h4-7,11,16-17H,8-10H2,1-3H3,(H,22,25). The number of hydrogen-bond acceptors (Lipinski definition) is 4. The van der Waals surface area contributed by atoms with Gasteiger partial charge in [0.05, 0.1) is 12.1 Å².